The maximum Gasteiger partial charge on any atom is 0.269 e. The quantitative estimate of drug-likeness (QED) is 0.677. The van der Waals surface area contributed by atoms with Crippen molar-refractivity contribution in [3.05, 3.63) is 58.3 Å². The zero-order valence-corrected chi connectivity index (χ0v) is 10.1. The van der Waals surface area contributed by atoms with Crippen LogP contribution in [0.15, 0.2) is 52.5 Å². The Morgan fingerprint density at radius 3 is 2.61 bits per heavy atom. The van der Waals surface area contributed by atoms with E-state index >= 15 is 0 Å². The van der Waals surface area contributed by atoms with Crippen molar-refractivity contribution in [3.8, 4) is 0 Å². The molecule has 0 aliphatic heterocycles. The first-order valence-electron chi connectivity index (χ1n) is 5.18. The molecule has 6 heteroatoms. The SMILES string of the molecule is O=[N+]([O-])c1ccc(Sc2ncccc2CO)cc1. The second-order valence-corrected chi connectivity index (χ2v) is 4.54. The van der Waals surface area contributed by atoms with Crippen molar-refractivity contribution in [1.29, 1.82) is 0 Å². The summed E-state index contributed by atoms with van der Waals surface area (Å²) >= 11 is 1.37. The standard InChI is InChI=1S/C12H10N2O3S/c15-8-9-2-1-7-13-12(9)18-11-5-3-10(4-6-11)14(16)17/h1-7,15H,8H2. The van der Waals surface area contributed by atoms with Crippen LogP contribution >= 0.6 is 11.8 Å². The highest BCUT2D eigenvalue weighted by atomic mass is 32.2. The van der Waals surface area contributed by atoms with Crippen LogP contribution in [0.4, 0.5) is 5.69 Å². The summed E-state index contributed by atoms with van der Waals surface area (Å²) in [4.78, 5) is 15.1. The molecule has 18 heavy (non-hydrogen) atoms. The number of aliphatic hydroxyl groups is 1. The summed E-state index contributed by atoms with van der Waals surface area (Å²) in [7, 11) is 0. The summed E-state index contributed by atoms with van der Waals surface area (Å²) in [6, 6.07) is 9.78. The van der Waals surface area contributed by atoms with E-state index in [4.69, 9.17) is 0 Å². The van der Waals surface area contributed by atoms with Crippen LogP contribution in [0.5, 0.6) is 0 Å². The lowest BCUT2D eigenvalue weighted by atomic mass is 10.3. The van der Waals surface area contributed by atoms with Gasteiger partial charge in [0.05, 0.1) is 11.5 Å². The van der Waals surface area contributed by atoms with Crippen LogP contribution in [0.2, 0.25) is 0 Å². The van der Waals surface area contributed by atoms with Gasteiger partial charge in [-0.2, -0.15) is 0 Å². The lowest BCUT2D eigenvalue weighted by molar-refractivity contribution is -0.384. The molecule has 0 spiro atoms. The van der Waals surface area contributed by atoms with E-state index in [9.17, 15) is 15.2 Å². The van der Waals surface area contributed by atoms with Gasteiger partial charge in [0, 0.05) is 28.8 Å². The number of hydrogen-bond donors (Lipinski definition) is 1. The zero-order chi connectivity index (χ0) is 13.0. The summed E-state index contributed by atoms with van der Waals surface area (Å²) in [5.41, 5.74) is 0.795. The highest BCUT2D eigenvalue weighted by Crippen LogP contribution is 2.29. The van der Waals surface area contributed by atoms with Crippen LogP contribution in [0.3, 0.4) is 0 Å². The third kappa shape index (κ3) is 2.85. The zero-order valence-electron chi connectivity index (χ0n) is 9.31. The predicted octanol–water partition coefficient (Wildman–Crippen LogP) is 2.63. The number of aliphatic hydroxyl groups excluding tert-OH is 1. The minimum atomic E-state index is -0.436. The Morgan fingerprint density at radius 2 is 2.00 bits per heavy atom. The largest absolute Gasteiger partial charge is 0.392 e. The van der Waals surface area contributed by atoms with E-state index in [1.165, 1.54) is 23.9 Å². The molecule has 1 aromatic heterocycles. The highest BCUT2D eigenvalue weighted by molar-refractivity contribution is 7.99. The van der Waals surface area contributed by atoms with E-state index < -0.39 is 4.92 Å². The molecule has 0 saturated heterocycles. The van der Waals surface area contributed by atoms with Crippen LogP contribution < -0.4 is 0 Å². The number of nitro groups is 1. The average Bonchev–Trinajstić information content (AvgIpc) is 2.40. The Bertz CT molecular complexity index is 558. The molecule has 0 amide bonds. The summed E-state index contributed by atoms with van der Waals surface area (Å²) in [5, 5.41) is 20.4. The molecular weight excluding hydrogens is 252 g/mol. The van der Waals surface area contributed by atoms with E-state index in [-0.39, 0.29) is 12.3 Å². The van der Waals surface area contributed by atoms with E-state index in [0.29, 0.717) is 5.03 Å². The number of nitrogens with zero attached hydrogens (tertiary/aromatic N) is 2. The number of benzene rings is 1. The average molecular weight is 262 g/mol. The highest BCUT2D eigenvalue weighted by Gasteiger charge is 2.07. The fourth-order valence-electron chi connectivity index (χ4n) is 1.38. The van der Waals surface area contributed by atoms with E-state index in [2.05, 4.69) is 4.98 Å². The van der Waals surface area contributed by atoms with Crippen molar-refractivity contribution in [2.75, 3.05) is 0 Å². The maximum atomic E-state index is 10.5. The van der Waals surface area contributed by atoms with Gasteiger partial charge in [0.1, 0.15) is 5.03 Å². The van der Waals surface area contributed by atoms with Crippen molar-refractivity contribution < 1.29 is 10.0 Å². The molecule has 1 heterocycles. The third-order valence-electron chi connectivity index (χ3n) is 2.28. The number of aromatic nitrogens is 1. The molecule has 0 saturated carbocycles. The molecule has 1 aromatic carbocycles. The fraction of sp³-hybridized carbons (Fsp3) is 0.0833. The molecule has 0 fully saturated rings. The molecule has 2 rings (SSSR count). The minimum Gasteiger partial charge on any atom is -0.392 e. The van der Waals surface area contributed by atoms with Crippen molar-refractivity contribution in [2.24, 2.45) is 0 Å². The number of non-ortho nitro benzene ring substituents is 1. The second-order valence-electron chi connectivity index (χ2n) is 3.48. The van der Waals surface area contributed by atoms with E-state index in [1.54, 1.807) is 30.5 Å². The first-order chi connectivity index (χ1) is 8.70. The minimum absolute atomic E-state index is 0.0581. The lowest BCUT2D eigenvalue weighted by Crippen LogP contribution is -1.90. The summed E-state index contributed by atoms with van der Waals surface area (Å²) in [6.07, 6.45) is 1.65. The molecular formula is C12H10N2O3S. The molecule has 5 nitrogen and oxygen atoms in total. The van der Waals surface area contributed by atoms with Crippen molar-refractivity contribution >= 4 is 17.4 Å². The molecule has 0 radical (unpaired) electrons. The first-order valence-corrected chi connectivity index (χ1v) is 5.99. The molecule has 1 N–H and O–H groups in total. The monoisotopic (exact) mass is 262 g/mol. The molecule has 92 valence electrons. The van der Waals surface area contributed by atoms with Gasteiger partial charge in [0.2, 0.25) is 0 Å². The van der Waals surface area contributed by atoms with Crippen LogP contribution in [0, 0.1) is 10.1 Å². The van der Waals surface area contributed by atoms with Gasteiger partial charge in [0.15, 0.2) is 0 Å². The van der Waals surface area contributed by atoms with Crippen LogP contribution in [-0.2, 0) is 6.61 Å². The Hall–Kier alpha value is -1.92. The van der Waals surface area contributed by atoms with E-state index in [1.807, 2.05) is 0 Å². The van der Waals surface area contributed by atoms with Crippen LogP contribution in [-0.4, -0.2) is 15.0 Å². The topological polar surface area (TPSA) is 76.3 Å². The Balaban J connectivity index is 2.21. The van der Waals surface area contributed by atoms with Gasteiger partial charge in [0.25, 0.3) is 5.69 Å². The Kier molecular flexibility index (Phi) is 3.91. The number of rotatable bonds is 4. The normalized spacial score (nSPS) is 10.3. The van der Waals surface area contributed by atoms with Gasteiger partial charge >= 0.3 is 0 Å². The molecule has 0 aliphatic carbocycles. The maximum absolute atomic E-state index is 10.5. The molecule has 0 unspecified atom stereocenters. The third-order valence-corrected chi connectivity index (χ3v) is 3.35. The Labute approximate surface area is 108 Å². The molecule has 0 atom stereocenters. The first kappa shape index (κ1) is 12.5. The molecule has 0 bridgehead atoms. The van der Waals surface area contributed by atoms with Crippen molar-refractivity contribution in [2.45, 2.75) is 16.5 Å². The second kappa shape index (κ2) is 5.61. The summed E-state index contributed by atoms with van der Waals surface area (Å²) in [5.74, 6) is 0. The Morgan fingerprint density at radius 1 is 1.28 bits per heavy atom. The summed E-state index contributed by atoms with van der Waals surface area (Å²) in [6.45, 7) is -0.0802. The van der Waals surface area contributed by atoms with Gasteiger partial charge in [-0.15, -0.1) is 0 Å². The van der Waals surface area contributed by atoms with Crippen LogP contribution in [0.25, 0.3) is 0 Å². The van der Waals surface area contributed by atoms with Crippen molar-refractivity contribution in [1.82, 2.24) is 4.98 Å². The summed E-state index contributed by atoms with van der Waals surface area (Å²) < 4.78 is 0. The number of pyridine rings is 1. The smallest absolute Gasteiger partial charge is 0.269 e. The van der Waals surface area contributed by atoms with Gasteiger partial charge in [-0.1, -0.05) is 17.8 Å². The predicted molar refractivity (Wildman–Crippen MR) is 67.4 cm³/mol. The molecule has 2 aromatic rings. The van der Waals surface area contributed by atoms with Crippen LogP contribution in [0.1, 0.15) is 5.56 Å². The molecule has 0 aliphatic rings. The van der Waals surface area contributed by atoms with Gasteiger partial charge in [-0.05, 0) is 18.2 Å². The van der Waals surface area contributed by atoms with Gasteiger partial charge in [-0.3, -0.25) is 10.1 Å². The van der Waals surface area contributed by atoms with E-state index in [0.717, 1.165) is 10.5 Å². The van der Waals surface area contributed by atoms with Gasteiger partial charge < -0.3 is 5.11 Å². The fourth-order valence-corrected chi connectivity index (χ4v) is 2.26. The number of nitro benzene ring substituents is 1. The lowest BCUT2D eigenvalue weighted by Gasteiger charge is -2.05. The van der Waals surface area contributed by atoms with Crippen molar-refractivity contribution in [3.63, 3.8) is 0 Å². The van der Waals surface area contributed by atoms with Gasteiger partial charge in [-0.25, -0.2) is 4.98 Å². The number of hydrogen-bond acceptors (Lipinski definition) is 5.